The summed E-state index contributed by atoms with van der Waals surface area (Å²) in [6.45, 7) is 6.08. The normalized spacial score (nSPS) is 15.8. The van der Waals surface area contributed by atoms with E-state index in [4.69, 9.17) is 12.2 Å². The molecular formula is C14H18N2O2S. The van der Waals surface area contributed by atoms with E-state index in [2.05, 4.69) is 30.6 Å². The van der Waals surface area contributed by atoms with E-state index in [1.807, 2.05) is 6.92 Å². The number of hydrogen-bond donors (Lipinski definition) is 2. The molecule has 0 aliphatic carbocycles. The Kier molecular flexibility index (Phi) is 5.63. The zero-order chi connectivity index (χ0) is 14.4. The molecule has 2 amide bonds. The van der Waals surface area contributed by atoms with E-state index in [1.165, 1.54) is 11.6 Å². The lowest BCUT2D eigenvalue weighted by atomic mass is 10.1. The zero-order valence-electron chi connectivity index (χ0n) is 11.4. The fourth-order valence-electron chi connectivity index (χ4n) is 1.52. The molecule has 4 nitrogen and oxygen atoms in total. The first-order valence-electron chi connectivity index (χ1n) is 6.07. The molecule has 0 aromatic heterocycles. The average molecular weight is 278 g/mol. The smallest absolute Gasteiger partial charge is 0.263 e. The van der Waals surface area contributed by atoms with Crippen molar-refractivity contribution in [2.45, 2.75) is 33.6 Å². The van der Waals surface area contributed by atoms with Crippen molar-refractivity contribution < 1.29 is 9.59 Å². The highest BCUT2D eigenvalue weighted by Crippen LogP contribution is 2.08. The summed E-state index contributed by atoms with van der Waals surface area (Å²) in [5.74, 6) is -0.913. The van der Waals surface area contributed by atoms with Gasteiger partial charge in [0.15, 0.2) is 5.11 Å². The van der Waals surface area contributed by atoms with Gasteiger partial charge < -0.3 is 0 Å². The predicted octanol–water partition coefficient (Wildman–Crippen LogP) is 2.14. The van der Waals surface area contributed by atoms with Gasteiger partial charge in [-0.1, -0.05) is 23.3 Å². The van der Waals surface area contributed by atoms with Crippen molar-refractivity contribution in [1.29, 1.82) is 0 Å². The minimum Gasteiger partial charge on any atom is -0.299 e. The predicted molar refractivity (Wildman–Crippen MR) is 79.4 cm³/mol. The van der Waals surface area contributed by atoms with E-state index in [0.717, 1.165) is 18.4 Å². The molecule has 1 saturated heterocycles. The van der Waals surface area contributed by atoms with E-state index >= 15 is 0 Å². The first-order valence-corrected chi connectivity index (χ1v) is 6.48. The van der Waals surface area contributed by atoms with E-state index in [-0.39, 0.29) is 10.7 Å². The van der Waals surface area contributed by atoms with Gasteiger partial charge in [0.2, 0.25) is 0 Å². The first-order chi connectivity index (χ1) is 8.90. The minimum absolute atomic E-state index is 0.0522. The van der Waals surface area contributed by atoms with Crippen LogP contribution in [0.15, 0.2) is 34.9 Å². The molecule has 1 heterocycles. The standard InChI is InChI=1S/C14H18N2O2S/c1-9(2)5-4-6-10(3)7-8-11-12(17)15-14(19)16-13(11)18/h5,7-8H,4,6H2,1-3H3,(H2,15,16,17,18,19). The van der Waals surface area contributed by atoms with Crippen LogP contribution in [0.5, 0.6) is 0 Å². The molecule has 19 heavy (non-hydrogen) atoms. The number of carbonyl (C=O) groups excluding carboxylic acids is 2. The van der Waals surface area contributed by atoms with E-state index in [0.29, 0.717) is 0 Å². The molecular weight excluding hydrogens is 260 g/mol. The molecule has 0 spiro atoms. The summed E-state index contributed by atoms with van der Waals surface area (Å²) in [6.07, 6.45) is 7.34. The van der Waals surface area contributed by atoms with Crippen molar-refractivity contribution in [3.63, 3.8) is 0 Å². The van der Waals surface area contributed by atoms with Gasteiger partial charge in [-0.05, 0) is 51.9 Å². The maximum atomic E-state index is 11.6. The molecule has 0 radical (unpaired) electrons. The van der Waals surface area contributed by atoms with Gasteiger partial charge in [-0.3, -0.25) is 20.2 Å². The number of hydrogen-bond acceptors (Lipinski definition) is 3. The van der Waals surface area contributed by atoms with Gasteiger partial charge >= 0.3 is 0 Å². The largest absolute Gasteiger partial charge is 0.299 e. The molecule has 0 aromatic rings. The maximum Gasteiger partial charge on any atom is 0.263 e. The maximum absolute atomic E-state index is 11.6. The Morgan fingerprint density at radius 1 is 1.16 bits per heavy atom. The first kappa shape index (κ1) is 15.3. The highest BCUT2D eigenvalue weighted by molar-refractivity contribution is 7.80. The van der Waals surface area contributed by atoms with Crippen LogP contribution >= 0.6 is 12.2 Å². The molecule has 102 valence electrons. The summed E-state index contributed by atoms with van der Waals surface area (Å²) < 4.78 is 0. The van der Waals surface area contributed by atoms with Crippen LogP contribution in [-0.4, -0.2) is 16.9 Å². The van der Waals surface area contributed by atoms with Crippen molar-refractivity contribution in [3.05, 3.63) is 34.9 Å². The van der Waals surface area contributed by atoms with Crippen LogP contribution in [-0.2, 0) is 9.59 Å². The van der Waals surface area contributed by atoms with Crippen LogP contribution in [0.2, 0.25) is 0 Å². The van der Waals surface area contributed by atoms with Gasteiger partial charge in [0, 0.05) is 0 Å². The summed E-state index contributed by atoms with van der Waals surface area (Å²) >= 11 is 4.72. The summed E-state index contributed by atoms with van der Waals surface area (Å²) in [6, 6.07) is 0. The minimum atomic E-state index is -0.456. The lowest BCUT2D eigenvalue weighted by Gasteiger charge is -2.15. The van der Waals surface area contributed by atoms with Crippen LogP contribution in [0.4, 0.5) is 0 Å². The number of allylic oxidation sites excluding steroid dienone is 5. The second-order valence-corrected chi connectivity index (χ2v) is 5.06. The molecule has 0 saturated carbocycles. The fraction of sp³-hybridized carbons (Fsp3) is 0.357. The number of thiocarbonyl (C=S) groups is 1. The SMILES string of the molecule is CC(C)=CCCC(C)=CC=C1C(=O)NC(=S)NC1=O. The highest BCUT2D eigenvalue weighted by Gasteiger charge is 2.24. The van der Waals surface area contributed by atoms with Crippen molar-refractivity contribution in [3.8, 4) is 0 Å². The monoisotopic (exact) mass is 278 g/mol. The lowest BCUT2D eigenvalue weighted by Crippen LogP contribution is -2.51. The number of amides is 2. The number of carbonyl (C=O) groups is 2. The van der Waals surface area contributed by atoms with Crippen LogP contribution in [0.1, 0.15) is 33.6 Å². The van der Waals surface area contributed by atoms with Gasteiger partial charge in [-0.25, -0.2) is 0 Å². The third-order valence-electron chi connectivity index (χ3n) is 2.57. The van der Waals surface area contributed by atoms with Crippen LogP contribution in [0.25, 0.3) is 0 Å². The molecule has 0 aromatic carbocycles. The Labute approximate surface area is 118 Å². The summed E-state index contributed by atoms with van der Waals surface area (Å²) in [5, 5.41) is 4.84. The van der Waals surface area contributed by atoms with Crippen molar-refractivity contribution in [2.75, 3.05) is 0 Å². The Balaban J connectivity index is 2.68. The van der Waals surface area contributed by atoms with E-state index in [1.54, 1.807) is 6.08 Å². The second kappa shape index (κ2) is 6.99. The lowest BCUT2D eigenvalue weighted by molar-refractivity contribution is -0.123. The topological polar surface area (TPSA) is 58.2 Å². The van der Waals surface area contributed by atoms with E-state index < -0.39 is 11.8 Å². The third-order valence-corrected chi connectivity index (χ3v) is 2.77. The van der Waals surface area contributed by atoms with Gasteiger partial charge in [0.05, 0.1) is 0 Å². The van der Waals surface area contributed by atoms with Gasteiger partial charge in [-0.2, -0.15) is 0 Å². The quantitative estimate of drug-likeness (QED) is 0.358. The summed E-state index contributed by atoms with van der Waals surface area (Å²) in [5.41, 5.74) is 2.47. The molecule has 1 aliphatic rings. The van der Waals surface area contributed by atoms with Gasteiger partial charge in [-0.15, -0.1) is 0 Å². The third kappa shape index (κ3) is 5.18. The summed E-state index contributed by atoms with van der Waals surface area (Å²) in [7, 11) is 0. The van der Waals surface area contributed by atoms with Crippen molar-refractivity contribution >= 4 is 29.1 Å². The average Bonchev–Trinajstić information content (AvgIpc) is 2.26. The van der Waals surface area contributed by atoms with Crippen LogP contribution < -0.4 is 10.6 Å². The Hall–Kier alpha value is -1.75. The molecule has 0 bridgehead atoms. The molecule has 2 N–H and O–H groups in total. The van der Waals surface area contributed by atoms with Gasteiger partial charge in [0.25, 0.3) is 11.8 Å². The fourth-order valence-corrected chi connectivity index (χ4v) is 1.71. The molecule has 1 fully saturated rings. The zero-order valence-corrected chi connectivity index (χ0v) is 12.2. The van der Waals surface area contributed by atoms with Crippen LogP contribution in [0.3, 0.4) is 0 Å². The van der Waals surface area contributed by atoms with Crippen molar-refractivity contribution in [1.82, 2.24) is 10.6 Å². The molecule has 0 atom stereocenters. The van der Waals surface area contributed by atoms with Crippen molar-refractivity contribution in [2.24, 2.45) is 0 Å². The second-order valence-electron chi connectivity index (χ2n) is 4.65. The Morgan fingerprint density at radius 2 is 1.74 bits per heavy atom. The number of rotatable bonds is 4. The number of nitrogens with one attached hydrogen (secondary N) is 2. The molecule has 1 aliphatic heterocycles. The van der Waals surface area contributed by atoms with Gasteiger partial charge in [0.1, 0.15) is 5.57 Å². The van der Waals surface area contributed by atoms with Crippen LogP contribution in [0, 0.1) is 0 Å². The highest BCUT2D eigenvalue weighted by atomic mass is 32.1. The van der Waals surface area contributed by atoms with E-state index in [9.17, 15) is 9.59 Å². The molecule has 0 unspecified atom stereocenters. The Bertz CT molecular complexity index is 476. The molecule has 5 heteroatoms. The molecule has 1 rings (SSSR count). The summed E-state index contributed by atoms with van der Waals surface area (Å²) in [4.78, 5) is 23.1. The Morgan fingerprint density at radius 3 is 2.26 bits per heavy atom.